The zero-order chi connectivity index (χ0) is 10.6. The molecule has 1 aromatic carbocycles. The van der Waals surface area contributed by atoms with Gasteiger partial charge in [-0.25, -0.2) is 4.39 Å². The van der Waals surface area contributed by atoms with E-state index in [2.05, 4.69) is 6.92 Å². The summed E-state index contributed by atoms with van der Waals surface area (Å²) in [6.07, 6.45) is 1.89. The molecule has 0 bridgehead atoms. The van der Waals surface area contributed by atoms with Crippen LogP contribution in [0.1, 0.15) is 25.8 Å². The third kappa shape index (κ3) is 3.30. The van der Waals surface area contributed by atoms with Crippen LogP contribution in [0.3, 0.4) is 0 Å². The predicted molar refractivity (Wildman–Crippen MR) is 59.2 cm³/mol. The highest BCUT2D eigenvalue weighted by molar-refractivity contribution is 6.20. The van der Waals surface area contributed by atoms with Crippen LogP contribution in [0.5, 0.6) is 0 Å². The van der Waals surface area contributed by atoms with Gasteiger partial charge in [0.05, 0.1) is 0 Å². The SMILES string of the molecule is CCC(Cc1cccc(F)c1)C(C)Cl. The molecule has 1 aromatic rings. The lowest BCUT2D eigenvalue weighted by Crippen LogP contribution is -2.13. The Bertz CT molecular complexity index is 283. The van der Waals surface area contributed by atoms with E-state index < -0.39 is 0 Å². The molecule has 2 unspecified atom stereocenters. The number of hydrogen-bond donors (Lipinski definition) is 0. The minimum absolute atomic E-state index is 0.142. The molecule has 0 fully saturated rings. The second-order valence-corrected chi connectivity index (χ2v) is 4.37. The van der Waals surface area contributed by atoms with Crippen molar-refractivity contribution in [1.82, 2.24) is 0 Å². The third-order valence-corrected chi connectivity index (χ3v) is 2.92. The maximum absolute atomic E-state index is 12.9. The first-order valence-electron chi connectivity index (χ1n) is 5.02. The largest absolute Gasteiger partial charge is 0.207 e. The Morgan fingerprint density at radius 3 is 2.64 bits per heavy atom. The molecule has 0 saturated heterocycles. The van der Waals surface area contributed by atoms with Crippen LogP contribution in [0.2, 0.25) is 0 Å². The van der Waals surface area contributed by atoms with Gasteiger partial charge in [0.25, 0.3) is 0 Å². The van der Waals surface area contributed by atoms with E-state index in [9.17, 15) is 4.39 Å². The van der Waals surface area contributed by atoms with Crippen LogP contribution in [0.15, 0.2) is 24.3 Å². The molecule has 78 valence electrons. The summed E-state index contributed by atoms with van der Waals surface area (Å²) in [6, 6.07) is 6.75. The fourth-order valence-corrected chi connectivity index (χ4v) is 1.87. The molecule has 0 nitrogen and oxygen atoms in total. The van der Waals surface area contributed by atoms with Gasteiger partial charge in [-0.15, -0.1) is 11.6 Å². The van der Waals surface area contributed by atoms with Gasteiger partial charge < -0.3 is 0 Å². The summed E-state index contributed by atoms with van der Waals surface area (Å²) in [5.41, 5.74) is 1.03. The zero-order valence-electron chi connectivity index (χ0n) is 8.63. The van der Waals surface area contributed by atoms with Crippen LogP contribution < -0.4 is 0 Å². The predicted octanol–water partition coefficient (Wildman–Crippen LogP) is 4.02. The van der Waals surface area contributed by atoms with Crippen LogP contribution in [-0.4, -0.2) is 5.38 Å². The number of alkyl halides is 1. The molecule has 0 heterocycles. The average Bonchev–Trinajstić information content (AvgIpc) is 2.14. The first-order valence-corrected chi connectivity index (χ1v) is 5.45. The highest BCUT2D eigenvalue weighted by atomic mass is 35.5. The molecular formula is C12H16ClF. The lowest BCUT2D eigenvalue weighted by atomic mass is 9.94. The number of benzene rings is 1. The smallest absolute Gasteiger partial charge is 0.123 e. The quantitative estimate of drug-likeness (QED) is 0.665. The number of hydrogen-bond acceptors (Lipinski definition) is 0. The Labute approximate surface area is 90.1 Å². The Balaban J connectivity index is 2.67. The summed E-state index contributed by atoms with van der Waals surface area (Å²) in [5.74, 6) is 0.262. The Hall–Kier alpha value is -0.560. The van der Waals surface area contributed by atoms with Crippen molar-refractivity contribution in [3.05, 3.63) is 35.6 Å². The third-order valence-electron chi connectivity index (χ3n) is 2.56. The first-order chi connectivity index (χ1) is 6.63. The molecular weight excluding hydrogens is 199 g/mol. The van der Waals surface area contributed by atoms with Gasteiger partial charge in [0.2, 0.25) is 0 Å². The van der Waals surface area contributed by atoms with Crippen LogP contribution in [0, 0.1) is 11.7 Å². The number of rotatable bonds is 4. The molecule has 0 radical (unpaired) electrons. The fraction of sp³-hybridized carbons (Fsp3) is 0.500. The van der Waals surface area contributed by atoms with Crippen molar-refractivity contribution >= 4 is 11.6 Å². The normalized spacial score (nSPS) is 15.1. The van der Waals surface area contributed by atoms with E-state index in [1.165, 1.54) is 6.07 Å². The Morgan fingerprint density at radius 2 is 2.14 bits per heavy atom. The molecule has 0 N–H and O–H groups in total. The maximum Gasteiger partial charge on any atom is 0.123 e. The summed E-state index contributed by atoms with van der Waals surface area (Å²) in [7, 11) is 0. The van der Waals surface area contributed by atoms with Crippen molar-refractivity contribution in [2.24, 2.45) is 5.92 Å². The van der Waals surface area contributed by atoms with Crippen molar-refractivity contribution in [3.63, 3.8) is 0 Å². The van der Waals surface area contributed by atoms with Gasteiger partial charge in [-0.1, -0.05) is 25.5 Å². The van der Waals surface area contributed by atoms with Gasteiger partial charge in [-0.05, 0) is 37.0 Å². The zero-order valence-corrected chi connectivity index (χ0v) is 9.39. The molecule has 2 atom stereocenters. The van der Waals surface area contributed by atoms with E-state index in [1.54, 1.807) is 12.1 Å². The molecule has 1 rings (SSSR count). The molecule has 0 saturated carbocycles. The topological polar surface area (TPSA) is 0 Å². The summed E-state index contributed by atoms with van der Waals surface area (Å²) in [6.45, 7) is 4.11. The monoisotopic (exact) mass is 214 g/mol. The van der Waals surface area contributed by atoms with Crippen molar-refractivity contribution in [2.75, 3.05) is 0 Å². The van der Waals surface area contributed by atoms with Crippen LogP contribution >= 0.6 is 11.6 Å². The van der Waals surface area contributed by atoms with Crippen molar-refractivity contribution < 1.29 is 4.39 Å². The molecule has 2 heteroatoms. The first kappa shape index (κ1) is 11.5. The van der Waals surface area contributed by atoms with Crippen molar-refractivity contribution in [3.8, 4) is 0 Å². The van der Waals surface area contributed by atoms with Gasteiger partial charge in [-0.2, -0.15) is 0 Å². The summed E-state index contributed by atoms with van der Waals surface area (Å²) in [5, 5.41) is 0.142. The lowest BCUT2D eigenvalue weighted by molar-refractivity contribution is 0.495. The van der Waals surface area contributed by atoms with E-state index in [4.69, 9.17) is 11.6 Å². The number of halogens is 2. The minimum atomic E-state index is -0.167. The van der Waals surface area contributed by atoms with Gasteiger partial charge in [0.1, 0.15) is 5.82 Å². The molecule has 14 heavy (non-hydrogen) atoms. The fourth-order valence-electron chi connectivity index (χ4n) is 1.60. The van der Waals surface area contributed by atoms with Crippen molar-refractivity contribution in [1.29, 1.82) is 0 Å². The van der Waals surface area contributed by atoms with E-state index in [1.807, 2.05) is 13.0 Å². The van der Waals surface area contributed by atoms with E-state index in [0.717, 1.165) is 18.4 Å². The van der Waals surface area contributed by atoms with Crippen LogP contribution in [0.4, 0.5) is 4.39 Å². The summed E-state index contributed by atoms with van der Waals surface area (Å²) >= 11 is 6.04. The molecule has 0 aliphatic heterocycles. The average molecular weight is 215 g/mol. The van der Waals surface area contributed by atoms with Gasteiger partial charge in [0.15, 0.2) is 0 Å². The second-order valence-electron chi connectivity index (χ2n) is 3.68. The molecule has 0 spiro atoms. The Morgan fingerprint density at radius 1 is 1.43 bits per heavy atom. The molecule has 0 aliphatic carbocycles. The minimum Gasteiger partial charge on any atom is -0.207 e. The van der Waals surface area contributed by atoms with Crippen LogP contribution in [-0.2, 0) is 6.42 Å². The van der Waals surface area contributed by atoms with Crippen molar-refractivity contribution in [2.45, 2.75) is 32.1 Å². The molecule has 0 aromatic heterocycles. The van der Waals surface area contributed by atoms with Gasteiger partial charge in [0, 0.05) is 5.38 Å². The van der Waals surface area contributed by atoms with E-state index in [-0.39, 0.29) is 11.2 Å². The van der Waals surface area contributed by atoms with Crippen LogP contribution in [0.25, 0.3) is 0 Å². The summed E-state index contributed by atoms with van der Waals surface area (Å²) in [4.78, 5) is 0. The standard InChI is InChI=1S/C12H16ClF/c1-3-11(9(2)13)7-10-5-4-6-12(14)8-10/h4-6,8-9,11H,3,7H2,1-2H3. The maximum atomic E-state index is 12.9. The van der Waals surface area contributed by atoms with Gasteiger partial charge >= 0.3 is 0 Å². The molecule has 0 aliphatic rings. The van der Waals surface area contributed by atoms with E-state index >= 15 is 0 Å². The Kier molecular flexibility index (Phi) is 4.40. The second kappa shape index (κ2) is 5.35. The summed E-state index contributed by atoms with van der Waals surface area (Å²) < 4.78 is 12.9. The van der Waals surface area contributed by atoms with E-state index in [0.29, 0.717) is 5.92 Å². The molecule has 0 amide bonds. The highest BCUT2D eigenvalue weighted by Crippen LogP contribution is 2.20. The van der Waals surface area contributed by atoms with Gasteiger partial charge in [-0.3, -0.25) is 0 Å². The highest BCUT2D eigenvalue weighted by Gasteiger charge is 2.13. The lowest BCUT2D eigenvalue weighted by Gasteiger charge is -2.17.